The van der Waals surface area contributed by atoms with Gasteiger partial charge in [-0.1, -0.05) is 12.1 Å². The van der Waals surface area contributed by atoms with E-state index < -0.39 is 0 Å². The lowest BCUT2D eigenvalue weighted by molar-refractivity contribution is -0.136. The van der Waals surface area contributed by atoms with Crippen molar-refractivity contribution in [2.45, 2.75) is 12.8 Å². The minimum Gasteiger partial charge on any atom is -0.466 e. The highest BCUT2D eigenvalue weighted by Crippen LogP contribution is 2.47. The lowest BCUT2D eigenvalue weighted by atomic mass is 9.96. The van der Waals surface area contributed by atoms with E-state index in [-0.39, 0.29) is 11.8 Å². The zero-order valence-electron chi connectivity index (χ0n) is 13.2. The van der Waals surface area contributed by atoms with E-state index in [1.165, 1.54) is 19.2 Å². The molecular weight excluding hydrogens is 309 g/mol. The maximum Gasteiger partial charge on any atom is 0.335 e. The van der Waals surface area contributed by atoms with Crippen molar-refractivity contribution in [3.8, 4) is 11.5 Å². The maximum atomic E-state index is 13.8. The van der Waals surface area contributed by atoms with Crippen LogP contribution in [0.15, 0.2) is 48.0 Å². The third-order valence-corrected chi connectivity index (χ3v) is 4.37. The predicted octanol–water partition coefficient (Wildman–Crippen LogP) is 4.12. The van der Waals surface area contributed by atoms with Gasteiger partial charge < -0.3 is 14.4 Å². The Labute approximate surface area is 139 Å². The molecule has 2 aromatic carbocycles. The lowest BCUT2D eigenvalue weighted by Gasteiger charge is -2.32. The van der Waals surface area contributed by atoms with Gasteiger partial charge in [0.05, 0.1) is 24.1 Å². The highest BCUT2D eigenvalue weighted by molar-refractivity contribution is 6.03. The number of anilines is 1. The molecule has 2 aliphatic heterocycles. The van der Waals surface area contributed by atoms with E-state index in [4.69, 9.17) is 9.47 Å². The van der Waals surface area contributed by atoms with E-state index >= 15 is 0 Å². The second-order valence-corrected chi connectivity index (χ2v) is 5.78. The third-order valence-electron chi connectivity index (χ3n) is 4.37. The molecule has 0 saturated heterocycles. The van der Waals surface area contributed by atoms with Crippen LogP contribution >= 0.6 is 0 Å². The van der Waals surface area contributed by atoms with Crippen molar-refractivity contribution in [3.63, 3.8) is 0 Å². The van der Waals surface area contributed by atoms with Crippen LogP contribution in [0, 0.1) is 5.82 Å². The average molecular weight is 325 g/mol. The maximum absolute atomic E-state index is 13.8. The summed E-state index contributed by atoms with van der Waals surface area (Å²) in [6.07, 6.45) is 1.41. The molecule has 2 heterocycles. The summed E-state index contributed by atoms with van der Waals surface area (Å²) in [5, 5.41) is 0. The Hall–Kier alpha value is -2.82. The van der Waals surface area contributed by atoms with Crippen molar-refractivity contribution >= 4 is 17.4 Å². The molecule has 2 aliphatic rings. The van der Waals surface area contributed by atoms with Crippen LogP contribution in [0.1, 0.15) is 18.4 Å². The number of halogens is 1. The van der Waals surface area contributed by atoms with Crippen LogP contribution in [0.2, 0.25) is 0 Å². The van der Waals surface area contributed by atoms with Crippen LogP contribution in [-0.2, 0) is 9.53 Å². The average Bonchev–Trinajstić information content (AvgIpc) is 2.75. The summed E-state index contributed by atoms with van der Waals surface area (Å²) in [5.41, 5.74) is 2.78. The number of esters is 1. The third kappa shape index (κ3) is 2.24. The number of carbonyl (C=O) groups excluding carboxylic acids is 1. The van der Waals surface area contributed by atoms with Crippen LogP contribution in [0.4, 0.5) is 10.1 Å². The zero-order valence-corrected chi connectivity index (χ0v) is 13.2. The molecule has 122 valence electrons. The molecule has 4 rings (SSSR count). The number of ether oxygens (including phenoxy) is 2. The molecule has 0 N–H and O–H groups in total. The molecule has 0 unspecified atom stereocenters. The number of hydrogen-bond donors (Lipinski definition) is 0. The van der Waals surface area contributed by atoms with E-state index in [9.17, 15) is 9.18 Å². The number of carbonyl (C=O) groups is 1. The van der Waals surface area contributed by atoms with Gasteiger partial charge in [-0.15, -0.1) is 0 Å². The monoisotopic (exact) mass is 325 g/mol. The number of fused-ring (bicyclic) bond motifs is 5. The molecule has 0 spiro atoms. The summed E-state index contributed by atoms with van der Waals surface area (Å²) in [4.78, 5) is 14.3. The van der Waals surface area contributed by atoms with E-state index in [1.807, 2.05) is 29.2 Å². The minimum absolute atomic E-state index is 0.340. The largest absolute Gasteiger partial charge is 0.466 e. The number of rotatable bonds is 1. The highest BCUT2D eigenvalue weighted by Gasteiger charge is 2.32. The van der Waals surface area contributed by atoms with Gasteiger partial charge in [0.2, 0.25) is 0 Å². The Morgan fingerprint density at radius 2 is 2.04 bits per heavy atom. The Morgan fingerprint density at radius 1 is 1.21 bits per heavy atom. The molecule has 4 nitrogen and oxygen atoms in total. The summed E-state index contributed by atoms with van der Waals surface area (Å²) in [6.45, 7) is 0.684. The Kier molecular flexibility index (Phi) is 3.49. The first-order valence-corrected chi connectivity index (χ1v) is 7.85. The first kappa shape index (κ1) is 14.8. The number of methoxy groups -OCH3 is 1. The molecule has 0 fully saturated rings. The number of benzene rings is 2. The van der Waals surface area contributed by atoms with Gasteiger partial charge in [0.1, 0.15) is 11.6 Å². The van der Waals surface area contributed by atoms with Gasteiger partial charge in [-0.3, -0.25) is 0 Å². The molecule has 0 radical (unpaired) electrons. The van der Waals surface area contributed by atoms with Crippen LogP contribution in [0.3, 0.4) is 0 Å². The van der Waals surface area contributed by atoms with Crippen molar-refractivity contribution in [2.24, 2.45) is 0 Å². The molecule has 2 aromatic rings. The van der Waals surface area contributed by atoms with Crippen LogP contribution in [0.25, 0.3) is 5.70 Å². The second kappa shape index (κ2) is 5.67. The Morgan fingerprint density at radius 3 is 2.88 bits per heavy atom. The van der Waals surface area contributed by atoms with Crippen molar-refractivity contribution in [3.05, 3.63) is 59.4 Å². The van der Waals surface area contributed by atoms with Gasteiger partial charge in [-0.2, -0.15) is 0 Å². The van der Waals surface area contributed by atoms with Gasteiger partial charge in [0.15, 0.2) is 5.75 Å². The normalized spacial score (nSPS) is 15.7. The number of nitrogens with zero attached hydrogens (tertiary/aromatic N) is 1. The van der Waals surface area contributed by atoms with E-state index in [0.29, 0.717) is 35.7 Å². The standard InChI is InChI=1S/C19H16FNO3/c1-23-19(22)14-6-4-10-21-15-11-12(20)8-9-17(15)24-16-7-3-2-5-13(16)18(14)21/h2-3,5,7-9,11H,4,6,10H2,1H3. The molecule has 0 aliphatic carbocycles. The molecule has 0 aromatic heterocycles. The second-order valence-electron chi connectivity index (χ2n) is 5.78. The first-order valence-electron chi connectivity index (χ1n) is 7.85. The van der Waals surface area contributed by atoms with Crippen molar-refractivity contribution in [1.82, 2.24) is 0 Å². The summed E-state index contributed by atoms with van der Waals surface area (Å²) < 4.78 is 24.8. The van der Waals surface area contributed by atoms with Crippen LogP contribution in [-0.4, -0.2) is 19.6 Å². The topological polar surface area (TPSA) is 38.8 Å². The quantitative estimate of drug-likeness (QED) is 0.740. The lowest BCUT2D eigenvalue weighted by Crippen LogP contribution is -2.29. The Balaban J connectivity index is 2.03. The van der Waals surface area contributed by atoms with Gasteiger partial charge >= 0.3 is 5.97 Å². The van der Waals surface area contributed by atoms with E-state index in [0.717, 1.165) is 17.7 Å². The minimum atomic E-state index is -0.357. The van der Waals surface area contributed by atoms with E-state index in [1.54, 1.807) is 6.07 Å². The molecule has 0 saturated carbocycles. The van der Waals surface area contributed by atoms with Gasteiger partial charge in [-0.25, -0.2) is 9.18 Å². The Bertz CT molecular complexity index is 859. The van der Waals surface area contributed by atoms with Gasteiger partial charge in [0, 0.05) is 18.2 Å². The van der Waals surface area contributed by atoms with Crippen molar-refractivity contribution in [1.29, 1.82) is 0 Å². The fourth-order valence-electron chi connectivity index (χ4n) is 3.34. The molecule has 0 bridgehead atoms. The summed E-state index contributed by atoms with van der Waals surface area (Å²) in [6, 6.07) is 12.0. The zero-order chi connectivity index (χ0) is 16.7. The van der Waals surface area contributed by atoms with E-state index in [2.05, 4.69) is 0 Å². The fourth-order valence-corrected chi connectivity index (χ4v) is 3.34. The SMILES string of the molecule is COC(=O)C1=C2c3ccccc3Oc3ccc(F)cc3N2CCC1. The smallest absolute Gasteiger partial charge is 0.335 e. The molecule has 0 atom stereocenters. The van der Waals surface area contributed by atoms with Crippen LogP contribution < -0.4 is 9.64 Å². The summed E-state index contributed by atoms with van der Waals surface area (Å²) >= 11 is 0. The molecular formula is C19H16FNO3. The van der Waals surface area contributed by atoms with Crippen LogP contribution in [0.5, 0.6) is 11.5 Å². The molecule has 0 amide bonds. The summed E-state index contributed by atoms with van der Waals surface area (Å²) in [7, 11) is 1.38. The summed E-state index contributed by atoms with van der Waals surface area (Å²) in [5.74, 6) is 0.522. The highest BCUT2D eigenvalue weighted by atomic mass is 19.1. The molecule has 24 heavy (non-hydrogen) atoms. The predicted molar refractivity (Wildman–Crippen MR) is 88.4 cm³/mol. The van der Waals surface area contributed by atoms with Crippen molar-refractivity contribution in [2.75, 3.05) is 18.6 Å². The molecule has 5 heteroatoms. The van der Waals surface area contributed by atoms with Gasteiger partial charge in [0.25, 0.3) is 0 Å². The van der Waals surface area contributed by atoms with Crippen molar-refractivity contribution < 1.29 is 18.7 Å². The fraction of sp³-hybridized carbons (Fsp3) is 0.211. The number of hydrogen-bond acceptors (Lipinski definition) is 4. The van der Waals surface area contributed by atoms with Gasteiger partial charge in [-0.05, 0) is 37.1 Å². The first-order chi connectivity index (χ1) is 11.7. The number of para-hydroxylation sites is 1.